The number of methoxy groups -OCH3 is 1. The summed E-state index contributed by atoms with van der Waals surface area (Å²) >= 11 is 0. The Balaban J connectivity index is 2.76. The minimum absolute atomic E-state index is 0.0362. The summed E-state index contributed by atoms with van der Waals surface area (Å²) in [7, 11) is 1.63. The number of hydrogen-bond acceptors (Lipinski definition) is 5. The highest BCUT2D eigenvalue weighted by molar-refractivity contribution is 5.88. The van der Waals surface area contributed by atoms with Gasteiger partial charge in [-0.3, -0.25) is 0 Å². The topological polar surface area (TPSA) is 66.2 Å². The molecule has 0 amide bonds. The number of ether oxygens (including phenoxy) is 2. The van der Waals surface area contributed by atoms with Crippen LogP contribution in [0.25, 0.3) is 0 Å². The van der Waals surface area contributed by atoms with Crippen molar-refractivity contribution in [2.45, 2.75) is 33.7 Å². The second kappa shape index (κ2) is 6.49. The van der Waals surface area contributed by atoms with Crippen molar-refractivity contribution < 1.29 is 14.3 Å². The highest BCUT2D eigenvalue weighted by Crippen LogP contribution is 2.12. The van der Waals surface area contributed by atoms with E-state index in [2.05, 4.69) is 10.3 Å². The van der Waals surface area contributed by atoms with E-state index in [1.165, 1.54) is 0 Å². The predicted octanol–water partition coefficient (Wildman–Crippen LogP) is 1.61. The Morgan fingerprint density at radius 1 is 1.33 bits per heavy atom. The smallest absolute Gasteiger partial charge is 0.360 e. The minimum Gasteiger partial charge on any atom is -0.461 e. The molecule has 6 nitrogen and oxygen atoms in total. The third-order valence-corrected chi connectivity index (χ3v) is 2.49. The van der Waals surface area contributed by atoms with Gasteiger partial charge < -0.3 is 9.47 Å². The van der Waals surface area contributed by atoms with Crippen LogP contribution in [0.5, 0.6) is 0 Å². The Hall–Kier alpha value is -1.43. The van der Waals surface area contributed by atoms with Gasteiger partial charge in [0.1, 0.15) is 0 Å². The largest absolute Gasteiger partial charge is 0.461 e. The van der Waals surface area contributed by atoms with Crippen molar-refractivity contribution in [1.29, 1.82) is 0 Å². The summed E-state index contributed by atoms with van der Waals surface area (Å²) in [5.41, 5.74) is 0.979. The molecule has 0 aliphatic carbocycles. The molecule has 6 heteroatoms. The third kappa shape index (κ3) is 3.53. The first-order valence-electron chi connectivity index (χ1n) is 6.05. The highest BCUT2D eigenvalue weighted by atomic mass is 16.5. The van der Waals surface area contributed by atoms with Crippen LogP contribution in [0.2, 0.25) is 0 Å². The van der Waals surface area contributed by atoms with Gasteiger partial charge in [0.05, 0.1) is 24.9 Å². The lowest BCUT2D eigenvalue weighted by Gasteiger charge is -2.11. The Morgan fingerprint density at radius 2 is 2.00 bits per heavy atom. The number of aromatic nitrogens is 3. The molecule has 0 radical (unpaired) electrons. The van der Waals surface area contributed by atoms with Crippen molar-refractivity contribution in [3.8, 4) is 0 Å². The molecule has 1 unspecified atom stereocenters. The van der Waals surface area contributed by atoms with E-state index in [9.17, 15) is 4.79 Å². The van der Waals surface area contributed by atoms with Gasteiger partial charge in [-0.15, -0.1) is 5.10 Å². The van der Waals surface area contributed by atoms with Crippen LogP contribution in [0.15, 0.2) is 0 Å². The van der Waals surface area contributed by atoms with Crippen molar-refractivity contribution in [2.24, 2.45) is 5.92 Å². The number of esters is 1. The van der Waals surface area contributed by atoms with Crippen LogP contribution in [0, 0.1) is 12.8 Å². The lowest BCUT2D eigenvalue weighted by Crippen LogP contribution is -2.15. The quantitative estimate of drug-likeness (QED) is 0.722. The van der Waals surface area contributed by atoms with E-state index in [0.717, 1.165) is 0 Å². The molecule has 1 aromatic heterocycles. The number of nitrogens with zero attached hydrogens (tertiary/aromatic N) is 3. The number of hydrogen-bond donors (Lipinski definition) is 0. The molecule has 0 aliphatic rings. The molecular weight excluding hydrogens is 234 g/mol. The Kier molecular flexibility index (Phi) is 5.27. The molecule has 1 rings (SSSR count). The molecule has 0 spiro atoms. The van der Waals surface area contributed by atoms with Crippen molar-refractivity contribution in [1.82, 2.24) is 15.0 Å². The van der Waals surface area contributed by atoms with Crippen molar-refractivity contribution in [3.63, 3.8) is 0 Å². The molecule has 1 heterocycles. The highest BCUT2D eigenvalue weighted by Gasteiger charge is 2.20. The van der Waals surface area contributed by atoms with Crippen molar-refractivity contribution in [2.75, 3.05) is 20.3 Å². The molecule has 18 heavy (non-hydrogen) atoms. The van der Waals surface area contributed by atoms with Crippen molar-refractivity contribution in [3.05, 3.63) is 11.4 Å². The SMILES string of the molecule is COCC(C)n1nnc(C(=O)OCC(C)C)c1C. The second-order valence-electron chi connectivity index (χ2n) is 4.76. The fraction of sp³-hybridized carbons (Fsp3) is 0.750. The van der Waals surface area contributed by atoms with Gasteiger partial charge in [-0.1, -0.05) is 19.1 Å². The molecule has 0 saturated carbocycles. The fourth-order valence-corrected chi connectivity index (χ4v) is 1.57. The van der Waals surface area contributed by atoms with Gasteiger partial charge in [0, 0.05) is 7.11 Å². The van der Waals surface area contributed by atoms with Crippen LogP contribution in [-0.4, -0.2) is 41.3 Å². The zero-order valence-corrected chi connectivity index (χ0v) is 11.6. The molecule has 102 valence electrons. The summed E-state index contributed by atoms with van der Waals surface area (Å²) in [6.07, 6.45) is 0. The maximum atomic E-state index is 11.8. The summed E-state index contributed by atoms with van der Waals surface area (Å²) in [5, 5.41) is 7.85. The molecule has 0 N–H and O–H groups in total. The van der Waals surface area contributed by atoms with E-state index in [-0.39, 0.29) is 11.7 Å². The fourth-order valence-electron chi connectivity index (χ4n) is 1.57. The third-order valence-electron chi connectivity index (χ3n) is 2.49. The average molecular weight is 255 g/mol. The van der Waals surface area contributed by atoms with Crippen LogP contribution in [0.3, 0.4) is 0 Å². The first-order valence-corrected chi connectivity index (χ1v) is 6.05. The first kappa shape index (κ1) is 14.6. The van der Waals surface area contributed by atoms with Gasteiger partial charge in [-0.05, 0) is 19.8 Å². The molecule has 0 aromatic carbocycles. The Labute approximate surface area is 107 Å². The first-order chi connectivity index (χ1) is 8.47. The van der Waals surface area contributed by atoms with Gasteiger partial charge in [0.2, 0.25) is 0 Å². The number of carbonyl (C=O) groups excluding carboxylic acids is 1. The summed E-state index contributed by atoms with van der Waals surface area (Å²) < 4.78 is 11.9. The standard InChI is InChI=1S/C12H21N3O3/c1-8(2)6-18-12(16)11-10(4)15(14-13-11)9(3)7-17-5/h8-9H,6-7H2,1-5H3. The van der Waals surface area contributed by atoms with Crippen LogP contribution in [-0.2, 0) is 9.47 Å². The van der Waals surface area contributed by atoms with Gasteiger partial charge in [0.25, 0.3) is 0 Å². The number of rotatable bonds is 6. The van der Waals surface area contributed by atoms with Crippen molar-refractivity contribution >= 4 is 5.97 Å². The zero-order chi connectivity index (χ0) is 13.7. The summed E-state index contributed by atoms with van der Waals surface area (Å²) in [6, 6.07) is 0.0362. The normalized spacial score (nSPS) is 12.8. The van der Waals surface area contributed by atoms with Gasteiger partial charge in [0.15, 0.2) is 5.69 Å². The van der Waals surface area contributed by atoms with Gasteiger partial charge >= 0.3 is 5.97 Å². The average Bonchev–Trinajstić information content (AvgIpc) is 2.68. The molecule has 1 aromatic rings. The van der Waals surface area contributed by atoms with Gasteiger partial charge in [-0.2, -0.15) is 0 Å². The lowest BCUT2D eigenvalue weighted by molar-refractivity contribution is 0.0451. The minimum atomic E-state index is -0.419. The molecule has 0 bridgehead atoms. The maximum Gasteiger partial charge on any atom is 0.360 e. The molecule has 0 fully saturated rings. The zero-order valence-electron chi connectivity index (χ0n) is 11.6. The Bertz CT molecular complexity index is 401. The van der Waals surface area contributed by atoms with Gasteiger partial charge in [-0.25, -0.2) is 9.48 Å². The van der Waals surface area contributed by atoms with E-state index in [1.54, 1.807) is 18.7 Å². The van der Waals surface area contributed by atoms with E-state index in [1.807, 2.05) is 20.8 Å². The summed E-state index contributed by atoms with van der Waals surface area (Å²) in [6.45, 7) is 8.63. The maximum absolute atomic E-state index is 11.8. The Morgan fingerprint density at radius 3 is 2.56 bits per heavy atom. The van der Waals surface area contributed by atoms with E-state index in [4.69, 9.17) is 9.47 Å². The molecule has 1 atom stereocenters. The predicted molar refractivity (Wildman–Crippen MR) is 66.5 cm³/mol. The molecule has 0 aliphatic heterocycles. The molecular formula is C12H21N3O3. The van der Waals surface area contributed by atoms with Crippen LogP contribution >= 0.6 is 0 Å². The van der Waals surface area contributed by atoms with Crippen LogP contribution in [0.4, 0.5) is 0 Å². The summed E-state index contributed by atoms with van der Waals surface area (Å²) in [5.74, 6) is -0.117. The summed E-state index contributed by atoms with van der Waals surface area (Å²) in [4.78, 5) is 11.8. The lowest BCUT2D eigenvalue weighted by atomic mass is 10.2. The van der Waals surface area contributed by atoms with E-state index in [0.29, 0.717) is 24.8 Å². The van der Waals surface area contributed by atoms with Crippen LogP contribution in [0.1, 0.15) is 43.0 Å². The second-order valence-corrected chi connectivity index (χ2v) is 4.76. The van der Waals surface area contributed by atoms with E-state index >= 15 is 0 Å². The number of carbonyl (C=O) groups is 1. The van der Waals surface area contributed by atoms with Crippen LogP contribution < -0.4 is 0 Å². The molecule has 0 saturated heterocycles. The monoisotopic (exact) mass is 255 g/mol. The van der Waals surface area contributed by atoms with E-state index < -0.39 is 5.97 Å².